The van der Waals surface area contributed by atoms with Gasteiger partial charge in [-0.1, -0.05) is 194 Å². The number of hydrogen-bond donors (Lipinski definition) is 0. The first-order valence-electron chi connectivity index (χ1n) is 19.3. The predicted octanol–water partition coefficient (Wildman–Crippen LogP) is 13.1. The molecule has 0 spiro atoms. The van der Waals surface area contributed by atoms with Crippen LogP contribution in [0.2, 0.25) is 0 Å². The highest BCUT2D eigenvalue weighted by Gasteiger charge is 2.38. The Hall–Kier alpha value is -3.94. The molecule has 3 nitrogen and oxygen atoms in total. The van der Waals surface area contributed by atoms with Crippen LogP contribution in [0.1, 0.15) is 138 Å². The van der Waals surface area contributed by atoms with Gasteiger partial charge >= 0.3 is 0 Å². The van der Waals surface area contributed by atoms with Crippen molar-refractivity contribution in [3.05, 3.63) is 137 Å². The highest BCUT2D eigenvalue weighted by molar-refractivity contribution is 5.47. The number of rotatable bonds is 25. The molecule has 0 aliphatic carbocycles. The minimum Gasteiger partial charge on any atom is -0.488 e. The second-order valence-corrected chi connectivity index (χ2v) is 13.7. The van der Waals surface area contributed by atoms with Crippen LogP contribution in [0.5, 0.6) is 5.75 Å². The van der Waals surface area contributed by atoms with Gasteiger partial charge in [0.15, 0.2) is 0 Å². The Balaban J connectivity index is 1.35. The maximum absolute atomic E-state index is 14.5. The fraction of sp³-hybridized carbons (Fsp3) is 0.457. The first kappa shape index (κ1) is 38.9. The van der Waals surface area contributed by atoms with Crippen molar-refractivity contribution < 1.29 is 13.9 Å². The minimum atomic E-state index is -0.875. The van der Waals surface area contributed by atoms with Gasteiger partial charge in [-0.25, -0.2) is 4.39 Å². The average Bonchev–Trinajstić information content (AvgIpc) is 3.15. The molecule has 0 saturated carbocycles. The number of nitriles is 1. The highest BCUT2D eigenvalue weighted by atomic mass is 19.1. The summed E-state index contributed by atoms with van der Waals surface area (Å²) in [6.07, 6.45) is 21.5. The Morgan fingerprint density at radius 2 is 1.00 bits per heavy atom. The van der Waals surface area contributed by atoms with E-state index in [9.17, 15) is 9.65 Å². The van der Waals surface area contributed by atoms with Gasteiger partial charge in [-0.2, -0.15) is 5.26 Å². The second-order valence-electron chi connectivity index (χ2n) is 13.7. The zero-order valence-corrected chi connectivity index (χ0v) is 30.3. The maximum atomic E-state index is 14.5. The third-order valence-electron chi connectivity index (χ3n) is 9.71. The van der Waals surface area contributed by atoms with Crippen molar-refractivity contribution in [3.8, 4) is 11.8 Å². The predicted molar refractivity (Wildman–Crippen MR) is 205 cm³/mol. The van der Waals surface area contributed by atoms with Crippen molar-refractivity contribution in [1.82, 2.24) is 0 Å². The number of halogens is 1. The summed E-state index contributed by atoms with van der Waals surface area (Å²) in [6, 6.07) is 37.2. The van der Waals surface area contributed by atoms with Gasteiger partial charge in [0.05, 0.1) is 18.2 Å². The number of hydrogen-bond acceptors (Lipinski definition) is 3. The van der Waals surface area contributed by atoms with E-state index in [1.807, 2.05) is 54.6 Å². The maximum Gasteiger partial charge on any atom is 0.143 e. The monoisotopic (exact) mass is 675 g/mol. The van der Waals surface area contributed by atoms with Gasteiger partial charge in [0.25, 0.3) is 0 Å². The Kier molecular flexibility index (Phi) is 17.6. The number of unbranched alkanes of at least 4 members (excludes halogenated alkanes) is 15. The van der Waals surface area contributed by atoms with Crippen molar-refractivity contribution >= 4 is 0 Å². The van der Waals surface area contributed by atoms with E-state index in [-0.39, 0.29) is 18.3 Å². The Bertz CT molecular complexity index is 1410. The summed E-state index contributed by atoms with van der Waals surface area (Å²) in [7, 11) is 0. The van der Waals surface area contributed by atoms with Gasteiger partial charge in [0.1, 0.15) is 23.3 Å². The van der Waals surface area contributed by atoms with Gasteiger partial charge in [0.2, 0.25) is 0 Å². The van der Waals surface area contributed by atoms with Gasteiger partial charge in [-0.05, 0) is 41.7 Å². The lowest BCUT2D eigenvalue weighted by molar-refractivity contribution is -0.0330. The molecule has 4 rings (SSSR count). The molecule has 266 valence electrons. The molecule has 0 amide bonds. The molecule has 4 heteroatoms. The minimum absolute atomic E-state index is 0.245. The standard InChI is InChI=1S/C46H58FNO2/c1-2-3-4-5-6-7-8-9-10-11-12-13-14-15-16-26-33-44(50-45-35-39(37-48)34-43(47)36-45)38-49-46(40-27-20-17-21-28-40,41-29-22-18-23-30-41)42-31-24-19-25-32-42/h17-25,27-32,34-36,44H,2-16,26,33,38H2,1H3/t44-/m0/s1. The lowest BCUT2D eigenvalue weighted by Crippen LogP contribution is -2.37. The molecule has 4 aromatic rings. The molecule has 4 aromatic carbocycles. The lowest BCUT2D eigenvalue weighted by Gasteiger charge is -2.37. The van der Waals surface area contributed by atoms with Gasteiger partial charge < -0.3 is 9.47 Å². The molecule has 0 radical (unpaired) electrons. The Morgan fingerprint density at radius 1 is 0.580 bits per heavy atom. The van der Waals surface area contributed by atoms with E-state index in [0.29, 0.717) is 5.75 Å². The summed E-state index contributed by atoms with van der Waals surface area (Å²) < 4.78 is 28.0. The Labute approximate surface area is 301 Å². The fourth-order valence-electron chi connectivity index (χ4n) is 6.97. The molecule has 0 saturated heterocycles. The second kappa shape index (κ2) is 22.7. The van der Waals surface area contributed by atoms with E-state index in [0.717, 1.165) is 36.0 Å². The van der Waals surface area contributed by atoms with Crippen molar-refractivity contribution in [3.63, 3.8) is 0 Å². The van der Waals surface area contributed by atoms with Crippen molar-refractivity contribution in [2.24, 2.45) is 0 Å². The van der Waals surface area contributed by atoms with Crippen LogP contribution in [0.3, 0.4) is 0 Å². The highest BCUT2D eigenvalue weighted by Crippen LogP contribution is 2.41. The van der Waals surface area contributed by atoms with Crippen LogP contribution in [0, 0.1) is 17.1 Å². The van der Waals surface area contributed by atoms with Gasteiger partial charge in [-0.15, -0.1) is 0 Å². The van der Waals surface area contributed by atoms with E-state index >= 15 is 0 Å². The number of nitrogens with zero attached hydrogens (tertiary/aromatic N) is 1. The molecule has 0 fully saturated rings. The molecule has 0 aliphatic heterocycles. The molecule has 50 heavy (non-hydrogen) atoms. The summed E-state index contributed by atoms with van der Waals surface area (Å²) in [5.41, 5.74) is 2.44. The number of benzene rings is 4. The summed E-state index contributed by atoms with van der Waals surface area (Å²) in [4.78, 5) is 0. The van der Waals surface area contributed by atoms with Crippen LogP contribution in [0.15, 0.2) is 109 Å². The van der Waals surface area contributed by atoms with E-state index in [1.165, 1.54) is 102 Å². The normalized spacial score (nSPS) is 12.0. The van der Waals surface area contributed by atoms with Crippen LogP contribution in [-0.4, -0.2) is 12.7 Å². The molecule has 0 aliphatic rings. The van der Waals surface area contributed by atoms with Crippen molar-refractivity contribution in [1.29, 1.82) is 5.26 Å². The topological polar surface area (TPSA) is 42.2 Å². The third kappa shape index (κ3) is 12.7. The smallest absolute Gasteiger partial charge is 0.143 e. The molecule has 0 heterocycles. The van der Waals surface area contributed by atoms with E-state index in [2.05, 4.69) is 49.4 Å². The molecule has 0 unspecified atom stereocenters. The largest absolute Gasteiger partial charge is 0.488 e. The fourth-order valence-corrected chi connectivity index (χ4v) is 6.97. The van der Waals surface area contributed by atoms with Crippen LogP contribution in [0.25, 0.3) is 0 Å². The zero-order valence-electron chi connectivity index (χ0n) is 30.3. The quantitative estimate of drug-likeness (QED) is 0.0519. The summed E-state index contributed by atoms with van der Waals surface area (Å²) in [5.74, 6) is -0.121. The van der Waals surface area contributed by atoms with Crippen molar-refractivity contribution in [2.75, 3.05) is 6.61 Å². The molecular formula is C46H58FNO2. The lowest BCUT2D eigenvalue weighted by atomic mass is 9.80. The van der Waals surface area contributed by atoms with E-state index in [1.54, 1.807) is 6.07 Å². The summed E-state index contributed by atoms with van der Waals surface area (Å²) in [6.45, 7) is 2.57. The third-order valence-corrected chi connectivity index (χ3v) is 9.71. The molecule has 0 N–H and O–H groups in total. The molecule has 1 atom stereocenters. The van der Waals surface area contributed by atoms with Crippen LogP contribution in [0.4, 0.5) is 4.39 Å². The van der Waals surface area contributed by atoms with E-state index in [4.69, 9.17) is 9.47 Å². The van der Waals surface area contributed by atoms with Gasteiger partial charge in [0, 0.05) is 6.07 Å². The number of ether oxygens (including phenoxy) is 2. The van der Waals surface area contributed by atoms with Crippen LogP contribution >= 0.6 is 0 Å². The Morgan fingerprint density at radius 3 is 1.42 bits per heavy atom. The molecule has 0 bridgehead atoms. The van der Waals surface area contributed by atoms with E-state index < -0.39 is 11.4 Å². The first-order valence-corrected chi connectivity index (χ1v) is 19.3. The average molecular weight is 676 g/mol. The zero-order chi connectivity index (χ0) is 35.1. The first-order chi connectivity index (χ1) is 24.7. The molecule has 0 aromatic heterocycles. The van der Waals surface area contributed by atoms with Gasteiger partial charge in [-0.3, -0.25) is 0 Å². The summed E-state index contributed by atoms with van der Waals surface area (Å²) in [5, 5.41) is 9.47. The van der Waals surface area contributed by atoms with Crippen LogP contribution in [-0.2, 0) is 10.3 Å². The van der Waals surface area contributed by atoms with Crippen LogP contribution < -0.4 is 4.74 Å². The van der Waals surface area contributed by atoms with Crippen molar-refractivity contribution in [2.45, 2.75) is 128 Å². The summed E-state index contributed by atoms with van der Waals surface area (Å²) >= 11 is 0. The molecular weight excluding hydrogens is 618 g/mol. The SMILES string of the molecule is CCCCCCCCCCCCCCCCCC[C@@H](COC(c1ccccc1)(c1ccccc1)c1ccccc1)Oc1cc(F)cc(C#N)c1.